The summed E-state index contributed by atoms with van der Waals surface area (Å²) >= 11 is 0. The Hall–Kier alpha value is -2.39. The highest BCUT2D eigenvalue weighted by atomic mass is 16.1. The molecule has 3 aromatic rings. The first-order valence-corrected chi connectivity index (χ1v) is 7.03. The largest absolute Gasteiger partial charge is 0.361 e. The predicted molar refractivity (Wildman–Crippen MR) is 84.9 cm³/mol. The number of nitrogens with two attached hydrogens (primary N) is 1. The van der Waals surface area contributed by atoms with Gasteiger partial charge in [-0.05, 0) is 23.6 Å². The van der Waals surface area contributed by atoms with Gasteiger partial charge in [0.05, 0.1) is 6.04 Å². The lowest BCUT2D eigenvalue weighted by molar-refractivity contribution is 0.519. The number of para-hydroxylation sites is 1. The molecule has 0 saturated heterocycles. The Morgan fingerprint density at radius 2 is 1.76 bits per heavy atom. The Morgan fingerprint density at radius 3 is 2.52 bits per heavy atom. The molecule has 3 rings (SSSR count). The maximum atomic E-state index is 11.1. The molecular formula is C18H17N2O. The number of H-pyrrole nitrogens is 1. The maximum Gasteiger partial charge on any atom is 0.217 e. The van der Waals surface area contributed by atoms with Crippen molar-refractivity contribution >= 4 is 17.2 Å². The van der Waals surface area contributed by atoms with Gasteiger partial charge in [0.15, 0.2) is 0 Å². The number of benzene rings is 2. The third-order valence-electron chi connectivity index (χ3n) is 3.89. The molecular weight excluding hydrogens is 260 g/mol. The van der Waals surface area contributed by atoms with Gasteiger partial charge in [-0.25, -0.2) is 0 Å². The first-order valence-electron chi connectivity index (χ1n) is 7.03. The van der Waals surface area contributed by atoms with E-state index in [0.29, 0.717) is 0 Å². The van der Waals surface area contributed by atoms with Crippen LogP contribution < -0.4 is 5.73 Å². The van der Waals surface area contributed by atoms with Crippen LogP contribution in [-0.4, -0.2) is 17.3 Å². The molecule has 105 valence electrons. The van der Waals surface area contributed by atoms with E-state index < -0.39 is 6.04 Å². The summed E-state index contributed by atoms with van der Waals surface area (Å²) in [6.07, 6.45) is 4.63. The molecule has 0 fully saturated rings. The normalized spacial score (nSPS) is 14.0. The Morgan fingerprint density at radius 1 is 1.05 bits per heavy atom. The van der Waals surface area contributed by atoms with Crippen LogP contribution in [-0.2, 0) is 11.2 Å². The van der Waals surface area contributed by atoms with E-state index in [1.165, 1.54) is 5.56 Å². The molecule has 1 radical (unpaired) electrons. The molecule has 0 amide bonds. The highest BCUT2D eigenvalue weighted by Gasteiger charge is 2.23. The van der Waals surface area contributed by atoms with Gasteiger partial charge in [0.25, 0.3) is 0 Å². The summed E-state index contributed by atoms with van der Waals surface area (Å²) < 4.78 is 0. The summed E-state index contributed by atoms with van der Waals surface area (Å²) in [5, 5.41) is 1.11. The van der Waals surface area contributed by atoms with Gasteiger partial charge < -0.3 is 10.7 Å². The smallest absolute Gasteiger partial charge is 0.217 e. The van der Waals surface area contributed by atoms with Crippen LogP contribution in [0.1, 0.15) is 17.0 Å². The molecule has 1 unspecified atom stereocenters. The summed E-state index contributed by atoms with van der Waals surface area (Å²) in [5.41, 5.74) is 9.31. The van der Waals surface area contributed by atoms with E-state index in [9.17, 15) is 4.79 Å². The molecule has 2 atom stereocenters. The SMILES string of the molecule is N[C@H]([C]=O)C(Cc1ccccc1)c1c[nH]c2ccccc12. The lowest BCUT2D eigenvalue weighted by Gasteiger charge is -2.19. The Balaban J connectivity index is 2.01. The third kappa shape index (κ3) is 2.73. The van der Waals surface area contributed by atoms with Crippen molar-refractivity contribution in [1.29, 1.82) is 0 Å². The van der Waals surface area contributed by atoms with Crippen LogP contribution in [0.25, 0.3) is 10.9 Å². The zero-order chi connectivity index (χ0) is 14.7. The number of aromatic amines is 1. The number of aromatic nitrogens is 1. The average Bonchev–Trinajstić information content (AvgIpc) is 2.97. The first-order chi connectivity index (χ1) is 10.3. The quantitative estimate of drug-likeness (QED) is 0.753. The van der Waals surface area contributed by atoms with Gasteiger partial charge >= 0.3 is 0 Å². The van der Waals surface area contributed by atoms with Crippen LogP contribution >= 0.6 is 0 Å². The van der Waals surface area contributed by atoms with E-state index >= 15 is 0 Å². The predicted octanol–water partition coefficient (Wildman–Crippen LogP) is 2.93. The minimum absolute atomic E-state index is 0.0824. The fourth-order valence-electron chi connectivity index (χ4n) is 2.78. The van der Waals surface area contributed by atoms with Gasteiger partial charge in [-0.15, -0.1) is 0 Å². The van der Waals surface area contributed by atoms with Crippen molar-refractivity contribution in [1.82, 2.24) is 4.98 Å². The van der Waals surface area contributed by atoms with E-state index in [4.69, 9.17) is 5.73 Å². The minimum atomic E-state index is -0.635. The van der Waals surface area contributed by atoms with Crippen molar-refractivity contribution in [3.05, 3.63) is 71.9 Å². The molecule has 3 N–H and O–H groups in total. The molecule has 0 bridgehead atoms. The number of hydrogen-bond donors (Lipinski definition) is 2. The molecule has 1 aromatic heterocycles. The highest BCUT2D eigenvalue weighted by Crippen LogP contribution is 2.29. The van der Waals surface area contributed by atoms with Crippen LogP contribution in [0.2, 0.25) is 0 Å². The van der Waals surface area contributed by atoms with Gasteiger partial charge in [-0.2, -0.15) is 0 Å². The van der Waals surface area contributed by atoms with E-state index in [2.05, 4.69) is 23.2 Å². The fourth-order valence-corrected chi connectivity index (χ4v) is 2.78. The Labute approximate surface area is 123 Å². The van der Waals surface area contributed by atoms with Gasteiger partial charge in [0.2, 0.25) is 6.29 Å². The topological polar surface area (TPSA) is 58.9 Å². The van der Waals surface area contributed by atoms with Gasteiger partial charge in [-0.1, -0.05) is 48.5 Å². The number of hydrogen-bond acceptors (Lipinski definition) is 2. The first kappa shape index (κ1) is 13.6. The highest BCUT2D eigenvalue weighted by molar-refractivity contribution is 5.84. The van der Waals surface area contributed by atoms with Crippen molar-refractivity contribution < 1.29 is 4.79 Å². The Kier molecular flexibility index (Phi) is 3.84. The van der Waals surface area contributed by atoms with Gasteiger partial charge in [0, 0.05) is 23.0 Å². The standard InChI is InChI=1S/C18H17N2O/c19-17(12-21)15(10-13-6-2-1-3-7-13)16-11-20-18-9-5-4-8-14(16)18/h1-9,11,15,17,20H,10,19H2/t15?,17-/m1/s1. The monoisotopic (exact) mass is 277 g/mol. The van der Waals surface area contributed by atoms with Gasteiger partial charge in [0.1, 0.15) is 0 Å². The Bertz CT molecular complexity index is 733. The van der Waals surface area contributed by atoms with E-state index in [0.717, 1.165) is 22.9 Å². The molecule has 0 saturated carbocycles. The molecule has 21 heavy (non-hydrogen) atoms. The summed E-state index contributed by atoms with van der Waals surface area (Å²) in [4.78, 5) is 14.4. The second-order valence-corrected chi connectivity index (χ2v) is 5.23. The minimum Gasteiger partial charge on any atom is -0.361 e. The molecule has 0 aliphatic heterocycles. The molecule has 3 nitrogen and oxygen atoms in total. The van der Waals surface area contributed by atoms with Crippen LogP contribution in [0.15, 0.2) is 60.8 Å². The fraction of sp³-hybridized carbons (Fsp3) is 0.167. The second kappa shape index (κ2) is 5.94. The van der Waals surface area contributed by atoms with Crippen molar-refractivity contribution in [3.63, 3.8) is 0 Å². The summed E-state index contributed by atoms with van der Waals surface area (Å²) in [7, 11) is 0. The zero-order valence-electron chi connectivity index (χ0n) is 11.6. The van der Waals surface area contributed by atoms with Crippen molar-refractivity contribution in [3.8, 4) is 0 Å². The lowest BCUT2D eigenvalue weighted by atomic mass is 9.86. The summed E-state index contributed by atoms with van der Waals surface area (Å²) in [5.74, 6) is -0.0824. The lowest BCUT2D eigenvalue weighted by Crippen LogP contribution is -2.31. The number of nitrogens with one attached hydrogen (secondary N) is 1. The van der Waals surface area contributed by atoms with E-state index in [1.54, 1.807) is 0 Å². The van der Waals surface area contributed by atoms with Crippen LogP contribution in [0.3, 0.4) is 0 Å². The second-order valence-electron chi connectivity index (χ2n) is 5.23. The maximum absolute atomic E-state index is 11.1. The molecule has 0 aliphatic carbocycles. The molecule has 1 heterocycles. The van der Waals surface area contributed by atoms with E-state index in [-0.39, 0.29) is 5.92 Å². The van der Waals surface area contributed by atoms with E-state index in [1.807, 2.05) is 48.9 Å². The number of carbonyl (C=O) groups excluding carboxylic acids is 1. The van der Waals surface area contributed by atoms with Crippen molar-refractivity contribution in [2.75, 3.05) is 0 Å². The molecule has 3 heteroatoms. The molecule has 0 aliphatic rings. The van der Waals surface area contributed by atoms with Crippen molar-refractivity contribution in [2.45, 2.75) is 18.4 Å². The van der Waals surface area contributed by atoms with Crippen molar-refractivity contribution in [2.24, 2.45) is 5.73 Å². The third-order valence-corrected chi connectivity index (χ3v) is 3.89. The zero-order valence-corrected chi connectivity index (χ0v) is 11.6. The summed E-state index contributed by atoms with van der Waals surface area (Å²) in [6, 6.07) is 17.5. The van der Waals surface area contributed by atoms with Crippen LogP contribution in [0, 0.1) is 0 Å². The van der Waals surface area contributed by atoms with Gasteiger partial charge in [-0.3, -0.25) is 4.79 Å². The average molecular weight is 277 g/mol. The number of fused-ring (bicyclic) bond motifs is 1. The van der Waals surface area contributed by atoms with Crippen LogP contribution in [0.4, 0.5) is 0 Å². The summed E-state index contributed by atoms with van der Waals surface area (Å²) in [6.45, 7) is 0. The van der Waals surface area contributed by atoms with Crippen LogP contribution in [0.5, 0.6) is 0 Å². The molecule has 2 aromatic carbocycles. The number of rotatable bonds is 5. The molecule has 0 spiro atoms.